The molecule has 0 aliphatic rings. The van der Waals surface area contributed by atoms with E-state index in [0.717, 1.165) is 35.5 Å². The second-order valence-electron chi connectivity index (χ2n) is 4.71. The molecule has 0 amide bonds. The van der Waals surface area contributed by atoms with Crippen LogP contribution in [0.4, 0.5) is 0 Å². The summed E-state index contributed by atoms with van der Waals surface area (Å²) in [7, 11) is 1.67. The van der Waals surface area contributed by atoms with Crippen LogP contribution < -0.4 is 16.0 Å². The zero-order chi connectivity index (χ0) is 14.5. The lowest BCUT2D eigenvalue weighted by atomic mass is 10.0. The molecule has 0 radical (unpaired) electrons. The van der Waals surface area contributed by atoms with Crippen molar-refractivity contribution in [3.63, 3.8) is 0 Å². The number of benzene rings is 1. The normalized spacial score (nSPS) is 12.4. The number of methoxy groups -OCH3 is 1. The maximum absolute atomic E-state index is 5.73. The fraction of sp³-hybridized carbons (Fsp3) is 0.429. The molecule has 20 heavy (non-hydrogen) atoms. The molecule has 1 heterocycles. The smallest absolute Gasteiger partial charge is 0.121 e. The SMILES string of the molecule is CCCn1nncc1C(NN)c1ccc(OC)c(C)c1. The minimum absolute atomic E-state index is 0.138. The first-order chi connectivity index (χ1) is 9.71. The van der Waals surface area contributed by atoms with E-state index < -0.39 is 0 Å². The maximum atomic E-state index is 5.73. The first-order valence-electron chi connectivity index (χ1n) is 6.70. The van der Waals surface area contributed by atoms with Gasteiger partial charge in [-0.3, -0.25) is 5.84 Å². The fourth-order valence-corrected chi connectivity index (χ4v) is 2.31. The van der Waals surface area contributed by atoms with Crippen LogP contribution in [0.3, 0.4) is 0 Å². The Hall–Kier alpha value is -1.92. The molecule has 0 fully saturated rings. The Balaban J connectivity index is 2.36. The third kappa shape index (κ3) is 2.81. The van der Waals surface area contributed by atoms with Crippen molar-refractivity contribution in [2.45, 2.75) is 32.9 Å². The van der Waals surface area contributed by atoms with E-state index in [1.54, 1.807) is 13.3 Å². The number of hydrogen-bond acceptors (Lipinski definition) is 5. The second kappa shape index (κ2) is 6.49. The summed E-state index contributed by atoms with van der Waals surface area (Å²) in [6.45, 7) is 4.94. The van der Waals surface area contributed by atoms with Crippen molar-refractivity contribution < 1.29 is 4.74 Å². The van der Waals surface area contributed by atoms with E-state index in [1.165, 1.54) is 0 Å². The van der Waals surface area contributed by atoms with Crippen LogP contribution >= 0.6 is 0 Å². The van der Waals surface area contributed by atoms with Crippen molar-refractivity contribution in [1.82, 2.24) is 20.4 Å². The van der Waals surface area contributed by atoms with E-state index in [-0.39, 0.29) is 6.04 Å². The van der Waals surface area contributed by atoms with Gasteiger partial charge in [0, 0.05) is 6.54 Å². The quantitative estimate of drug-likeness (QED) is 0.618. The Morgan fingerprint density at radius 1 is 1.45 bits per heavy atom. The highest BCUT2D eigenvalue weighted by molar-refractivity contribution is 5.39. The summed E-state index contributed by atoms with van der Waals surface area (Å²) in [5, 5.41) is 8.09. The average Bonchev–Trinajstić information content (AvgIpc) is 2.89. The third-order valence-corrected chi connectivity index (χ3v) is 3.30. The van der Waals surface area contributed by atoms with Gasteiger partial charge in [-0.25, -0.2) is 10.1 Å². The summed E-state index contributed by atoms with van der Waals surface area (Å²) in [5.74, 6) is 6.60. The van der Waals surface area contributed by atoms with Gasteiger partial charge in [-0.15, -0.1) is 5.10 Å². The number of hydrogen-bond donors (Lipinski definition) is 2. The Morgan fingerprint density at radius 2 is 2.25 bits per heavy atom. The fourth-order valence-electron chi connectivity index (χ4n) is 2.31. The first kappa shape index (κ1) is 14.5. The van der Waals surface area contributed by atoms with Gasteiger partial charge in [-0.05, 0) is 30.5 Å². The number of hydrazine groups is 1. The molecule has 108 valence electrons. The lowest BCUT2D eigenvalue weighted by Crippen LogP contribution is -2.30. The molecule has 1 aromatic heterocycles. The number of nitrogens with zero attached hydrogens (tertiary/aromatic N) is 3. The molecule has 0 bridgehead atoms. The lowest BCUT2D eigenvalue weighted by Gasteiger charge is -2.18. The number of ether oxygens (including phenoxy) is 1. The molecule has 2 aromatic rings. The van der Waals surface area contributed by atoms with E-state index in [1.807, 2.05) is 23.7 Å². The zero-order valence-corrected chi connectivity index (χ0v) is 12.1. The minimum atomic E-state index is -0.138. The standard InChI is InChI=1S/C14H21N5O/c1-4-7-19-12(9-16-18-19)14(17-15)11-5-6-13(20-3)10(2)8-11/h5-6,8-9,14,17H,4,7,15H2,1-3H3. The molecule has 0 spiro atoms. The molecule has 2 rings (SSSR count). The van der Waals surface area contributed by atoms with Crippen LogP contribution in [0, 0.1) is 6.92 Å². The van der Waals surface area contributed by atoms with E-state index in [2.05, 4.69) is 28.7 Å². The van der Waals surface area contributed by atoms with Crippen LogP contribution in [0.1, 0.15) is 36.2 Å². The molecule has 1 unspecified atom stereocenters. The summed E-state index contributed by atoms with van der Waals surface area (Å²) < 4.78 is 7.16. The highest BCUT2D eigenvalue weighted by atomic mass is 16.5. The highest BCUT2D eigenvalue weighted by Crippen LogP contribution is 2.26. The average molecular weight is 275 g/mol. The maximum Gasteiger partial charge on any atom is 0.121 e. The summed E-state index contributed by atoms with van der Waals surface area (Å²) in [4.78, 5) is 0. The Bertz CT molecular complexity index is 566. The van der Waals surface area contributed by atoms with Crippen LogP contribution in [0.25, 0.3) is 0 Å². The van der Waals surface area contributed by atoms with E-state index >= 15 is 0 Å². The van der Waals surface area contributed by atoms with E-state index in [9.17, 15) is 0 Å². The molecular weight excluding hydrogens is 254 g/mol. The van der Waals surface area contributed by atoms with E-state index in [4.69, 9.17) is 10.6 Å². The molecule has 1 atom stereocenters. The predicted molar refractivity (Wildman–Crippen MR) is 77.2 cm³/mol. The van der Waals surface area contributed by atoms with Gasteiger partial charge in [0.2, 0.25) is 0 Å². The minimum Gasteiger partial charge on any atom is -0.496 e. The molecule has 6 nitrogen and oxygen atoms in total. The van der Waals surface area contributed by atoms with Crippen molar-refractivity contribution in [2.24, 2.45) is 5.84 Å². The molecule has 0 aliphatic heterocycles. The van der Waals surface area contributed by atoms with Gasteiger partial charge in [-0.2, -0.15) is 0 Å². The van der Waals surface area contributed by atoms with Gasteiger partial charge in [0.1, 0.15) is 5.75 Å². The van der Waals surface area contributed by atoms with Crippen molar-refractivity contribution in [3.8, 4) is 5.75 Å². The lowest BCUT2D eigenvalue weighted by molar-refractivity contribution is 0.411. The number of nitrogens with two attached hydrogens (primary N) is 1. The van der Waals surface area contributed by atoms with Crippen molar-refractivity contribution in [1.29, 1.82) is 0 Å². The summed E-state index contributed by atoms with van der Waals surface area (Å²) in [5.41, 5.74) is 5.93. The Kier molecular flexibility index (Phi) is 4.70. The highest BCUT2D eigenvalue weighted by Gasteiger charge is 2.18. The van der Waals surface area contributed by atoms with Gasteiger partial charge < -0.3 is 4.74 Å². The number of nitrogens with one attached hydrogen (secondary N) is 1. The first-order valence-corrected chi connectivity index (χ1v) is 6.70. The summed E-state index contributed by atoms with van der Waals surface area (Å²) in [6, 6.07) is 5.87. The summed E-state index contributed by atoms with van der Waals surface area (Å²) in [6.07, 6.45) is 2.75. The van der Waals surface area contributed by atoms with Gasteiger partial charge in [0.05, 0.1) is 25.0 Å². The largest absolute Gasteiger partial charge is 0.496 e. The van der Waals surface area contributed by atoms with Crippen molar-refractivity contribution >= 4 is 0 Å². The van der Waals surface area contributed by atoms with Crippen LogP contribution in [-0.2, 0) is 6.54 Å². The molecule has 0 aliphatic carbocycles. The number of aromatic nitrogens is 3. The van der Waals surface area contributed by atoms with Gasteiger partial charge in [0.15, 0.2) is 0 Å². The molecule has 1 aromatic carbocycles. The second-order valence-corrected chi connectivity index (χ2v) is 4.71. The van der Waals surface area contributed by atoms with Gasteiger partial charge >= 0.3 is 0 Å². The van der Waals surface area contributed by atoms with Gasteiger partial charge in [0.25, 0.3) is 0 Å². The van der Waals surface area contributed by atoms with E-state index in [0.29, 0.717) is 0 Å². The van der Waals surface area contributed by atoms with Crippen molar-refractivity contribution in [2.75, 3.05) is 7.11 Å². The molecule has 0 saturated carbocycles. The number of aryl methyl sites for hydroxylation is 2. The van der Waals surface area contributed by atoms with Crippen LogP contribution in [0.5, 0.6) is 5.75 Å². The Morgan fingerprint density at radius 3 is 2.85 bits per heavy atom. The predicted octanol–water partition coefficient (Wildman–Crippen LogP) is 1.56. The van der Waals surface area contributed by atoms with Gasteiger partial charge in [-0.1, -0.05) is 24.3 Å². The zero-order valence-electron chi connectivity index (χ0n) is 12.1. The molecular formula is C14H21N5O. The Labute approximate surface area is 118 Å². The third-order valence-electron chi connectivity index (χ3n) is 3.30. The monoisotopic (exact) mass is 275 g/mol. The van der Waals surface area contributed by atoms with Crippen LogP contribution in [0.2, 0.25) is 0 Å². The molecule has 0 saturated heterocycles. The summed E-state index contributed by atoms with van der Waals surface area (Å²) >= 11 is 0. The van der Waals surface area contributed by atoms with Crippen LogP contribution in [-0.4, -0.2) is 22.1 Å². The molecule has 6 heteroatoms. The van der Waals surface area contributed by atoms with Crippen LogP contribution in [0.15, 0.2) is 24.4 Å². The topological polar surface area (TPSA) is 78.0 Å². The molecule has 3 N–H and O–H groups in total. The van der Waals surface area contributed by atoms with Crippen molar-refractivity contribution in [3.05, 3.63) is 41.2 Å². The number of rotatable bonds is 6.